The number of imidazole rings is 1. The third kappa shape index (κ3) is 1.72. The largest absolute Gasteiger partial charge is 0.481 e. The molecule has 184 valence electrons. The number of carboxylic acid groups (broad SMARTS) is 1. The molecule has 1 aromatic heterocycles. The summed E-state index contributed by atoms with van der Waals surface area (Å²) in [6.45, 7) is 0. The van der Waals surface area contributed by atoms with Crippen LogP contribution < -0.4 is 5.32 Å². The number of aryl methyl sites for hydroxylation is 1. The van der Waals surface area contributed by atoms with Gasteiger partial charge in [-0.3, -0.25) is 9.79 Å². The summed E-state index contributed by atoms with van der Waals surface area (Å²) in [5.41, 5.74) is 0.0256. The quantitative estimate of drug-likeness (QED) is 0.471. The Bertz CT molecular complexity index is 1480. The van der Waals surface area contributed by atoms with E-state index >= 15 is 0 Å². The van der Waals surface area contributed by atoms with E-state index in [4.69, 9.17) is 21.3 Å². The van der Waals surface area contributed by atoms with Crippen molar-refractivity contribution in [3.05, 3.63) is 63.8 Å². The smallest absolute Gasteiger partial charge is 0.338 e. The van der Waals surface area contributed by atoms with Gasteiger partial charge >= 0.3 is 11.9 Å². The lowest BCUT2D eigenvalue weighted by molar-refractivity contribution is -0.633. The molecule has 1 atom stereocenters. The van der Waals surface area contributed by atoms with Gasteiger partial charge in [-0.25, -0.2) is 18.6 Å². The maximum atomic E-state index is 14.5. The molecule has 6 aliphatic carbocycles. The SMILES string of the molecule is COC(=O)C1=C(C23C4C5C2C2C3C4C52C(=O)O)NC(c2nccn2C)=NC1c1ccc(F)c(F)c1Cl. The van der Waals surface area contributed by atoms with E-state index in [1.165, 1.54) is 13.2 Å². The number of rotatable bonds is 5. The van der Waals surface area contributed by atoms with Crippen molar-refractivity contribution in [1.82, 2.24) is 14.9 Å². The van der Waals surface area contributed by atoms with Crippen LogP contribution in [-0.4, -0.2) is 39.5 Å². The minimum absolute atomic E-state index is 0.115. The second-order valence-electron chi connectivity index (χ2n) is 10.7. The number of amidine groups is 1. The van der Waals surface area contributed by atoms with Crippen LogP contribution in [-0.2, 0) is 21.4 Å². The van der Waals surface area contributed by atoms with E-state index in [0.29, 0.717) is 17.4 Å². The molecule has 2 heterocycles. The van der Waals surface area contributed by atoms with Crippen molar-refractivity contribution < 1.29 is 28.2 Å². The van der Waals surface area contributed by atoms with Gasteiger partial charge < -0.3 is 19.7 Å². The Hall–Kier alpha value is -3.27. The average molecular weight is 513 g/mol. The molecule has 1 aliphatic heterocycles. The first kappa shape index (κ1) is 20.9. The number of benzene rings is 1. The number of hydrogen-bond acceptors (Lipinski definition) is 6. The van der Waals surface area contributed by atoms with E-state index < -0.39 is 40.1 Å². The number of carbonyl (C=O) groups is 2. The topological polar surface area (TPSA) is 106 Å². The van der Waals surface area contributed by atoms with Gasteiger partial charge in [0.2, 0.25) is 0 Å². The Morgan fingerprint density at radius 2 is 1.83 bits per heavy atom. The highest BCUT2D eigenvalue weighted by atomic mass is 35.5. The van der Waals surface area contributed by atoms with E-state index in [2.05, 4.69) is 10.3 Å². The summed E-state index contributed by atoms with van der Waals surface area (Å²) in [4.78, 5) is 34.4. The van der Waals surface area contributed by atoms with Crippen LogP contribution in [0.25, 0.3) is 0 Å². The van der Waals surface area contributed by atoms with Crippen molar-refractivity contribution in [2.24, 2.45) is 58.4 Å². The number of allylic oxidation sites excluding steroid dienone is 1. The van der Waals surface area contributed by atoms with Gasteiger partial charge in [-0.1, -0.05) is 17.7 Å². The molecule has 0 bridgehead atoms. The number of carbonyl (C=O) groups excluding carboxylic acids is 1. The number of aliphatic carboxylic acids is 1. The molecule has 0 radical (unpaired) electrons. The van der Waals surface area contributed by atoms with Crippen molar-refractivity contribution >= 4 is 29.4 Å². The lowest BCUT2D eigenvalue weighted by atomic mass is 8.92. The predicted octanol–water partition coefficient (Wildman–Crippen LogP) is 2.69. The van der Waals surface area contributed by atoms with Gasteiger partial charge in [0.1, 0.15) is 6.04 Å². The summed E-state index contributed by atoms with van der Waals surface area (Å²) in [6.07, 6.45) is 3.36. The molecule has 0 spiro atoms. The molecule has 8 nitrogen and oxygen atoms in total. The van der Waals surface area contributed by atoms with Crippen LogP contribution in [0, 0.1) is 58.0 Å². The Morgan fingerprint density at radius 3 is 2.39 bits per heavy atom. The lowest BCUT2D eigenvalue weighted by Gasteiger charge is -3.10. The van der Waals surface area contributed by atoms with Crippen molar-refractivity contribution in [3.8, 4) is 0 Å². The van der Waals surface area contributed by atoms with E-state index in [1.807, 2.05) is 0 Å². The molecular formula is C25H19ClF2N4O4. The summed E-state index contributed by atoms with van der Waals surface area (Å²) < 4.78 is 35.4. The second kappa shape index (κ2) is 5.99. The first-order chi connectivity index (χ1) is 17.2. The van der Waals surface area contributed by atoms with Crippen molar-refractivity contribution in [2.75, 3.05) is 7.11 Å². The summed E-state index contributed by atoms with van der Waals surface area (Å²) in [6, 6.07) is 1.23. The number of ether oxygens (including phenoxy) is 1. The fourth-order valence-corrected chi connectivity index (χ4v) is 9.61. The summed E-state index contributed by atoms with van der Waals surface area (Å²) in [7, 11) is 3.06. The maximum absolute atomic E-state index is 14.5. The number of hydrogen-bond donors (Lipinski definition) is 2. The second-order valence-corrected chi connectivity index (χ2v) is 11.1. The first-order valence-electron chi connectivity index (χ1n) is 11.8. The van der Waals surface area contributed by atoms with Gasteiger partial charge in [-0.15, -0.1) is 0 Å². The number of aliphatic imine (C=N–C) groups is 1. The van der Waals surface area contributed by atoms with E-state index in [1.54, 1.807) is 24.0 Å². The normalized spacial score (nSPS) is 41.5. The molecule has 36 heavy (non-hydrogen) atoms. The van der Waals surface area contributed by atoms with Crippen LogP contribution in [0.4, 0.5) is 8.78 Å². The highest BCUT2D eigenvalue weighted by Gasteiger charge is 3.12. The van der Waals surface area contributed by atoms with Crippen molar-refractivity contribution in [2.45, 2.75) is 6.04 Å². The van der Waals surface area contributed by atoms with E-state index in [0.717, 1.165) is 6.07 Å². The molecule has 6 fully saturated rings. The molecule has 1 aromatic carbocycles. The monoisotopic (exact) mass is 512 g/mol. The van der Waals surface area contributed by atoms with Gasteiger partial charge in [0.05, 0.1) is 23.1 Å². The molecule has 0 saturated heterocycles. The zero-order valence-corrected chi connectivity index (χ0v) is 19.8. The van der Waals surface area contributed by atoms with Crippen molar-refractivity contribution in [1.29, 1.82) is 0 Å². The standard InChI is InChI=1S/C25H19ClF2N4O4/c1-32-6-5-29-21(32)20-30-18(7-3-4-8(27)17(28)16(7)26)9(22(33)36-2)19(31-20)24-10-13-11(24)15-12(24)14(10)25(13,15)23(34)35/h3-6,10-15,18H,1-2H3,(H,30,31)(H,34,35). The third-order valence-corrected chi connectivity index (χ3v) is 10.7. The number of halogens is 3. The fraction of sp³-hybridized carbons (Fsp3) is 0.440. The minimum Gasteiger partial charge on any atom is -0.481 e. The zero-order chi connectivity index (χ0) is 25.0. The minimum atomic E-state index is -1.22. The molecule has 11 heteroatoms. The van der Waals surface area contributed by atoms with Crippen LogP contribution in [0.15, 0.2) is 40.8 Å². The van der Waals surface area contributed by atoms with Crippen molar-refractivity contribution in [3.63, 3.8) is 0 Å². The van der Waals surface area contributed by atoms with E-state index in [9.17, 15) is 23.5 Å². The third-order valence-electron chi connectivity index (χ3n) is 10.3. The lowest BCUT2D eigenvalue weighted by Crippen LogP contribution is -3.11. The molecule has 2 aromatic rings. The fourth-order valence-electron chi connectivity index (χ4n) is 9.35. The highest BCUT2D eigenvalue weighted by molar-refractivity contribution is 6.31. The summed E-state index contributed by atoms with van der Waals surface area (Å²) in [5, 5.41) is 12.8. The van der Waals surface area contributed by atoms with Crippen LogP contribution in [0.1, 0.15) is 17.4 Å². The maximum Gasteiger partial charge on any atom is 0.338 e. The van der Waals surface area contributed by atoms with Crippen LogP contribution in [0.5, 0.6) is 0 Å². The number of nitrogens with one attached hydrogen (secondary N) is 1. The highest BCUT2D eigenvalue weighted by Crippen LogP contribution is 3.11. The number of esters is 1. The Labute approximate surface area is 208 Å². The predicted molar refractivity (Wildman–Crippen MR) is 119 cm³/mol. The number of aromatic nitrogens is 2. The molecule has 1 unspecified atom stereocenters. The molecule has 9 rings (SSSR count). The Morgan fingerprint density at radius 1 is 1.17 bits per heavy atom. The number of carboxylic acids is 1. The molecular weight excluding hydrogens is 494 g/mol. The van der Waals surface area contributed by atoms with E-state index in [-0.39, 0.29) is 52.1 Å². The summed E-state index contributed by atoms with van der Waals surface area (Å²) in [5.74, 6) is -1.96. The van der Waals surface area contributed by atoms with Gasteiger partial charge in [-0.2, -0.15) is 0 Å². The Kier molecular flexibility index (Phi) is 3.47. The molecule has 0 amide bonds. The zero-order valence-electron chi connectivity index (χ0n) is 19.0. The molecule has 6 saturated carbocycles. The van der Waals surface area contributed by atoms with Crippen LogP contribution in [0.3, 0.4) is 0 Å². The molecule has 7 aliphatic rings. The van der Waals surface area contributed by atoms with Crippen LogP contribution in [0.2, 0.25) is 5.02 Å². The Balaban J connectivity index is 1.32. The van der Waals surface area contributed by atoms with Gasteiger partial charge in [0, 0.05) is 36.1 Å². The number of nitrogens with zero attached hydrogens (tertiary/aromatic N) is 3. The van der Waals surface area contributed by atoms with Gasteiger partial charge in [0.15, 0.2) is 23.3 Å². The first-order valence-corrected chi connectivity index (χ1v) is 12.1. The molecule has 2 N–H and O–H groups in total. The summed E-state index contributed by atoms with van der Waals surface area (Å²) >= 11 is 6.26. The van der Waals surface area contributed by atoms with Gasteiger partial charge in [0.25, 0.3) is 0 Å². The van der Waals surface area contributed by atoms with Crippen LogP contribution >= 0.6 is 11.6 Å². The average Bonchev–Trinajstić information content (AvgIpc) is 3.31. The number of methoxy groups -OCH3 is 1. The van der Waals surface area contributed by atoms with Gasteiger partial charge in [-0.05, 0) is 41.6 Å².